The van der Waals surface area contributed by atoms with E-state index in [2.05, 4.69) is 11.1 Å². The van der Waals surface area contributed by atoms with E-state index in [1.54, 1.807) is 20.4 Å². The first-order chi connectivity index (χ1) is 10.2. The van der Waals surface area contributed by atoms with Crippen LogP contribution in [0.5, 0.6) is 11.5 Å². The number of benzene rings is 1. The van der Waals surface area contributed by atoms with Gasteiger partial charge >= 0.3 is 0 Å². The summed E-state index contributed by atoms with van der Waals surface area (Å²) in [5, 5.41) is 10.4. The SMILES string of the molecule is COc1cc2sc(-c3nccn3C)c(C#N)c2cc1OC. The molecule has 0 aliphatic carbocycles. The molecule has 0 atom stereocenters. The Labute approximate surface area is 126 Å². The number of ether oxygens (including phenoxy) is 2. The van der Waals surface area contributed by atoms with Crippen molar-refractivity contribution in [1.82, 2.24) is 9.55 Å². The van der Waals surface area contributed by atoms with Crippen molar-refractivity contribution < 1.29 is 9.47 Å². The van der Waals surface area contributed by atoms with Gasteiger partial charge in [-0.25, -0.2) is 4.98 Å². The van der Waals surface area contributed by atoms with Crippen molar-refractivity contribution in [3.63, 3.8) is 0 Å². The number of nitrogens with zero attached hydrogens (tertiary/aromatic N) is 3. The topological polar surface area (TPSA) is 60.1 Å². The van der Waals surface area contributed by atoms with Gasteiger partial charge < -0.3 is 14.0 Å². The Morgan fingerprint density at radius 3 is 2.52 bits per heavy atom. The Bertz CT molecular complexity index is 858. The predicted molar refractivity (Wildman–Crippen MR) is 81.8 cm³/mol. The predicted octanol–water partition coefficient (Wildman–Crippen LogP) is 3.19. The molecule has 21 heavy (non-hydrogen) atoms. The molecule has 0 bridgehead atoms. The van der Waals surface area contributed by atoms with Gasteiger partial charge in [-0.05, 0) is 6.07 Å². The maximum Gasteiger partial charge on any atom is 0.162 e. The van der Waals surface area contributed by atoms with Crippen LogP contribution in [-0.2, 0) is 7.05 Å². The number of thiophene rings is 1. The van der Waals surface area contributed by atoms with Crippen LogP contribution < -0.4 is 9.47 Å². The molecule has 1 aromatic carbocycles. The van der Waals surface area contributed by atoms with Gasteiger partial charge in [0, 0.05) is 35.6 Å². The first-order valence-electron chi connectivity index (χ1n) is 6.26. The fraction of sp³-hybridized carbons (Fsp3) is 0.200. The number of aryl methyl sites for hydroxylation is 1. The zero-order chi connectivity index (χ0) is 15.0. The molecule has 0 amide bonds. The number of rotatable bonds is 3. The Morgan fingerprint density at radius 1 is 1.24 bits per heavy atom. The number of hydrogen-bond donors (Lipinski definition) is 0. The van der Waals surface area contributed by atoms with Crippen molar-refractivity contribution in [3.05, 3.63) is 30.1 Å². The van der Waals surface area contributed by atoms with Crippen LogP contribution >= 0.6 is 11.3 Å². The average molecular weight is 299 g/mol. The molecule has 0 saturated carbocycles. The average Bonchev–Trinajstić information content (AvgIpc) is 3.07. The number of aromatic nitrogens is 2. The molecule has 0 unspecified atom stereocenters. The molecule has 2 aromatic heterocycles. The van der Waals surface area contributed by atoms with Crippen molar-refractivity contribution in [2.75, 3.05) is 14.2 Å². The summed E-state index contributed by atoms with van der Waals surface area (Å²) in [5.41, 5.74) is 0.616. The van der Waals surface area contributed by atoms with E-state index in [9.17, 15) is 5.26 Å². The largest absolute Gasteiger partial charge is 0.493 e. The monoisotopic (exact) mass is 299 g/mol. The molecule has 0 saturated heterocycles. The number of imidazole rings is 1. The molecule has 2 heterocycles. The van der Waals surface area contributed by atoms with Crippen LogP contribution in [0.4, 0.5) is 0 Å². The van der Waals surface area contributed by atoms with Gasteiger partial charge in [-0.15, -0.1) is 11.3 Å². The van der Waals surface area contributed by atoms with Gasteiger partial charge in [0.25, 0.3) is 0 Å². The summed E-state index contributed by atoms with van der Waals surface area (Å²) in [6, 6.07) is 6.02. The van der Waals surface area contributed by atoms with Crippen LogP contribution in [-0.4, -0.2) is 23.8 Å². The van der Waals surface area contributed by atoms with E-state index in [1.807, 2.05) is 29.9 Å². The molecule has 0 N–H and O–H groups in total. The van der Waals surface area contributed by atoms with Crippen LogP contribution in [0.3, 0.4) is 0 Å². The minimum atomic E-state index is 0.616. The summed E-state index contributed by atoms with van der Waals surface area (Å²) in [6.07, 6.45) is 3.59. The van der Waals surface area contributed by atoms with Gasteiger partial charge in [-0.2, -0.15) is 5.26 Å². The van der Waals surface area contributed by atoms with Crippen molar-refractivity contribution >= 4 is 21.4 Å². The Morgan fingerprint density at radius 2 is 1.95 bits per heavy atom. The summed E-state index contributed by atoms with van der Waals surface area (Å²) >= 11 is 1.53. The summed E-state index contributed by atoms with van der Waals surface area (Å²) < 4.78 is 13.5. The van der Waals surface area contributed by atoms with Crippen molar-refractivity contribution in [2.24, 2.45) is 7.05 Å². The molecule has 3 aromatic rings. The zero-order valence-electron chi connectivity index (χ0n) is 11.9. The maximum absolute atomic E-state index is 9.53. The lowest BCUT2D eigenvalue weighted by atomic mass is 10.1. The van der Waals surface area contributed by atoms with E-state index in [1.165, 1.54) is 11.3 Å². The summed E-state index contributed by atoms with van der Waals surface area (Å²) in [5.74, 6) is 2.05. The molecule has 106 valence electrons. The highest BCUT2D eigenvalue weighted by molar-refractivity contribution is 7.22. The molecular weight excluding hydrogens is 286 g/mol. The third kappa shape index (κ3) is 2.03. The second-order valence-corrected chi connectivity index (χ2v) is 5.54. The van der Waals surface area contributed by atoms with E-state index < -0.39 is 0 Å². The smallest absolute Gasteiger partial charge is 0.162 e. The van der Waals surface area contributed by atoms with Gasteiger partial charge in [0.1, 0.15) is 6.07 Å². The molecule has 0 aliphatic rings. The third-order valence-electron chi connectivity index (χ3n) is 3.33. The van der Waals surface area contributed by atoms with Crippen molar-refractivity contribution in [3.8, 4) is 28.3 Å². The van der Waals surface area contributed by atoms with Gasteiger partial charge in [0.15, 0.2) is 17.3 Å². The quantitative estimate of drug-likeness (QED) is 0.745. The number of nitriles is 1. The molecular formula is C15H13N3O2S. The molecule has 5 nitrogen and oxygen atoms in total. The van der Waals surface area contributed by atoms with E-state index >= 15 is 0 Å². The second kappa shape index (κ2) is 5.11. The van der Waals surface area contributed by atoms with E-state index in [0.29, 0.717) is 17.1 Å². The van der Waals surface area contributed by atoms with Gasteiger partial charge in [0.2, 0.25) is 0 Å². The fourth-order valence-corrected chi connectivity index (χ4v) is 3.48. The molecule has 0 spiro atoms. The molecule has 0 fully saturated rings. The van der Waals surface area contributed by atoms with Crippen molar-refractivity contribution in [2.45, 2.75) is 0 Å². The first kappa shape index (κ1) is 13.5. The highest BCUT2D eigenvalue weighted by Gasteiger charge is 2.19. The van der Waals surface area contributed by atoms with Crippen LogP contribution in [0.1, 0.15) is 5.56 Å². The molecule has 3 rings (SSSR count). The Hall–Kier alpha value is -2.52. The van der Waals surface area contributed by atoms with E-state index in [4.69, 9.17) is 9.47 Å². The van der Waals surface area contributed by atoms with Crippen LogP contribution in [0, 0.1) is 11.3 Å². The lowest BCUT2D eigenvalue weighted by molar-refractivity contribution is 0.356. The van der Waals surface area contributed by atoms with Crippen molar-refractivity contribution in [1.29, 1.82) is 5.26 Å². The summed E-state index contributed by atoms with van der Waals surface area (Å²) in [6.45, 7) is 0. The Balaban J connectivity index is 2.33. The normalized spacial score (nSPS) is 10.6. The van der Waals surface area contributed by atoms with Gasteiger partial charge in [0.05, 0.1) is 24.7 Å². The number of fused-ring (bicyclic) bond motifs is 1. The lowest BCUT2D eigenvalue weighted by Crippen LogP contribution is -1.91. The molecule has 0 radical (unpaired) electrons. The minimum Gasteiger partial charge on any atom is -0.493 e. The zero-order valence-corrected chi connectivity index (χ0v) is 12.7. The van der Waals surface area contributed by atoms with Crippen LogP contribution in [0.15, 0.2) is 24.5 Å². The second-order valence-electron chi connectivity index (χ2n) is 4.48. The van der Waals surface area contributed by atoms with Gasteiger partial charge in [-0.1, -0.05) is 0 Å². The maximum atomic E-state index is 9.53. The highest BCUT2D eigenvalue weighted by atomic mass is 32.1. The van der Waals surface area contributed by atoms with Gasteiger partial charge in [-0.3, -0.25) is 0 Å². The minimum absolute atomic E-state index is 0.616. The third-order valence-corrected chi connectivity index (χ3v) is 4.48. The first-order valence-corrected chi connectivity index (χ1v) is 7.07. The van der Waals surface area contributed by atoms with E-state index in [-0.39, 0.29) is 0 Å². The van der Waals surface area contributed by atoms with Crippen LogP contribution in [0.25, 0.3) is 20.8 Å². The Kier molecular flexibility index (Phi) is 3.28. The number of hydrogen-bond acceptors (Lipinski definition) is 5. The lowest BCUT2D eigenvalue weighted by Gasteiger charge is -2.06. The summed E-state index contributed by atoms with van der Waals surface area (Å²) in [4.78, 5) is 5.19. The molecule has 0 aliphatic heterocycles. The molecule has 6 heteroatoms. The summed E-state index contributed by atoms with van der Waals surface area (Å²) in [7, 11) is 5.10. The standard InChI is InChI=1S/C15H13N3O2S/c1-18-5-4-17-15(18)14-10(8-16)9-6-11(19-2)12(20-3)7-13(9)21-14/h4-7H,1-3H3. The van der Waals surface area contributed by atoms with E-state index in [0.717, 1.165) is 20.8 Å². The van der Waals surface area contributed by atoms with Crippen LogP contribution in [0.2, 0.25) is 0 Å². The fourth-order valence-electron chi connectivity index (χ4n) is 2.28. The number of methoxy groups -OCH3 is 2. The highest BCUT2D eigenvalue weighted by Crippen LogP contribution is 2.42.